The first-order valence-corrected chi connectivity index (χ1v) is 5.31. The number of hydrogen-bond acceptors (Lipinski definition) is 3. The Hall–Kier alpha value is -1.29. The van der Waals surface area contributed by atoms with Crippen molar-refractivity contribution in [1.82, 2.24) is 4.90 Å². The number of carbonyl (C=O) groups is 1. The zero-order valence-corrected chi connectivity index (χ0v) is 8.25. The Morgan fingerprint density at radius 2 is 2.21 bits per heavy atom. The number of amides is 1. The first kappa shape index (κ1) is 8.05. The van der Waals surface area contributed by atoms with Crippen molar-refractivity contribution in [1.29, 1.82) is 0 Å². The third-order valence-electron chi connectivity index (χ3n) is 2.37. The van der Waals surface area contributed by atoms with E-state index in [2.05, 4.69) is 4.99 Å². The van der Waals surface area contributed by atoms with Crippen LogP contribution in [0.2, 0.25) is 0 Å². The molecule has 0 aliphatic carbocycles. The summed E-state index contributed by atoms with van der Waals surface area (Å²) in [5.41, 5.74) is 0.804. The molecule has 3 nitrogen and oxygen atoms in total. The molecular weight excluding hydrogens is 196 g/mol. The Morgan fingerprint density at radius 3 is 3.14 bits per heavy atom. The van der Waals surface area contributed by atoms with Crippen LogP contribution in [0.25, 0.3) is 0 Å². The minimum Gasteiger partial charge on any atom is -0.285 e. The summed E-state index contributed by atoms with van der Waals surface area (Å²) in [5, 5.41) is 0.855. The van der Waals surface area contributed by atoms with Gasteiger partial charge in [-0.3, -0.25) is 14.7 Å². The van der Waals surface area contributed by atoms with Gasteiger partial charge in [0.2, 0.25) is 0 Å². The van der Waals surface area contributed by atoms with Crippen LogP contribution >= 0.6 is 11.8 Å². The molecule has 0 atom stereocenters. The van der Waals surface area contributed by atoms with E-state index in [1.165, 1.54) is 0 Å². The molecule has 0 saturated heterocycles. The van der Waals surface area contributed by atoms with Gasteiger partial charge in [0.25, 0.3) is 5.91 Å². The SMILES string of the molecule is O=C1c2ccccc2SC2=NCCN12. The van der Waals surface area contributed by atoms with E-state index in [9.17, 15) is 4.79 Å². The average molecular weight is 204 g/mol. The van der Waals surface area contributed by atoms with Crippen LogP contribution in [0.4, 0.5) is 0 Å². The number of fused-ring (bicyclic) bond motifs is 2. The summed E-state index contributed by atoms with van der Waals surface area (Å²) in [5.74, 6) is 0.0931. The van der Waals surface area contributed by atoms with Crippen molar-refractivity contribution in [2.45, 2.75) is 4.90 Å². The summed E-state index contributed by atoms with van der Waals surface area (Å²) in [7, 11) is 0. The van der Waals surface area contributed by atoms with Gasteiger partial charge in [-0.1, -0.05) is 23.9 Å². The Labute approximate surface area is 85.8 Å². The Balaban J connectivity index is 2.15. The molecule has 2 aliphatic heterocycles. The van der Waals surface area contributed by atoms with E-state index in [-0.39, 0.29) is 5.91 Å². The van der Waals surface area contributed by atoms with E-state index in [1.807, 2.05) is 24.3 Å². The largest absolute Gasteiger partial charge is 0.285 e. The fraction of sp³-hybridized carbons (Fsp3) is 0.200. The van der Waals surface area contributed by atoms with E-state index in [0.717, 1.165) is 28.7 Å². The molecule has 0 saturated carbocycles. The molecule has 3 rings (SSSR count). The molecule has 1 aromatic carbocycles. The average Bonchev–Trinajstić information content (AvgIpc) is 2.66. The lowest BCUT2D eigenvalue weighted by molar-refractivity contribution is 0.0855. The maximum atomic E-state index is 11.9. The Bertz CT molecular complexity index is 442. The van der Waals surface area contributed by atoms with Crippen LogP contribution in [0, 0.1) is 0 Å². The summed E-state index contributed by atoms with van der Waals surface area (Å²) in [6.45, 7) is 1.47. The number of carbonyl (C=O) groups excluding carboxylic acids is 1. The lowest BCUT2D eigenvalue weighted by Crippen LogP contribution is -2.35. The van der Waals surface area contributed by atoms with Gasteiger partial charge in [0.05, 0.1) is 12.1 Å². The smallest absolute Gasteiger partial charge is 0.261 e. The quantitative estimate of drug-likeness (QED) is 0.643. The van der Waals surface area contributed by atoms with Crippen molar-refractivity contribution in [2.75, 3.05) is 13.1 Å². The minimum atomic E-state index is 0.0931. The highest BCUT2D eigenvalue weighted by Gasteiger charge is 2.31. The molecule has 14 heavy (non-hydrogen) atoms. The molecule has 2 aliphatic rings. The summed E-state index contributed by atoms with van der Waals surface area (Å²) < 4.78 is 0. The Kier molecular flexibility index (Phi) is 1.64. The van der Waals surface area contributed by atoms with E-state index >= 15 is 0 Å². The van der Waals surface area contributed by atoms with Gasteiger partial charge >= 0.3 is 0 Å². The predicted octanol–water partition coefficient (Wildman–Crippen LogP) is 1.60. The van der Waals surface area contributed by atoms with Crippen molar-refractivity contribution in [3.05, 3.63) is 29.8 Å². The topological polar surface area (TPSA) is 32.7 Å². The van der Waals surface area contributed by atoms with Crippen LogP contribution in [0.5, 0.6) is 0 Å². The number of benzene rings is 1. The molecule has 0 spiro atoms. The first-order valence-electron chi connectivity index (χ1n) is 4.49. The van der Waals surface area contributed by atoms with Crippen LogP contribution in [0.3, 0.4) is 0 Å². The number of aliphatic imine (C=N–C) groups is 1. The van der Waals surface area contributed by atoms with Gasteiger partial charge in [-0.25, -0.2) is 0 Å². The lowest BCUT2D eigenvalue weighted by Gasteiger charge is -2.24. The van der Waals surface area contributed by atoms with Gasteiger partial charge in [-0.05, 0) is 12.1 Å². The lowest BCUT2D eigenvalue weighted by atomic mass is 10.2. The third kappa shape index (κ3) is 1.00. The fourth-order valence-corrected chi connectivity index (χ4v) is 2.73. The van der Waals surface area contributed by atoms with Crippen molar-refractivity contribution in [3.8, 4) is 0 Å². The minimum absolute atomic E-state index is 0.0931. The molecule has 2 heterocycles. The maximum Gasteiger partial charge on any atom is 0.261 e. The second-order valence-electron chi connectivity index (χ2n) is 3.22. The van der Waals surface area contributed by atoms with Crippen molar-refractivity contribution < 1.29 is 4.79 Å². The molecule has 70 valence electrons. The zero-order chi connectivity index (χ0) is 9.54. The van der Waals surface area contributed by atoms with Crippen molar-refractivity contribution >= 4 is 22.8 Å². The molecule has 1 amide bonds. The normalized spacial score (nSPS) is 19.0. The number of hydrogen-bond donors (Lipinski definition) is 0. The highest BCUT2D eigenvalue weighted by Crippen LogP contribution is 2.33. The van der Waals surface area contributed by atoms with Crippen LogP contribution < -0.4 is 0 Å². The summed E-state index contributed by atoms with van der Waals surface area (Å²) in [4.78, 5) is 19.0. The van der Waals surface area contributed by atoms with Gasteiger partial charge in [0, 0.05) is 11.4 Å². The van der Waals surface area contributed by atoms with Crippen LogP contribution in [-0.2, 0) is 0 Å². The highest BCUT2D eigenvalue weighted by atomic mass is 32.2. The second-order valence-corrected chi connectivity index (χ2v) is 4.23. The summed E-state index contributed by atoms with van der Waals surface area (Å²) in [6.07, 6.45) is 0. The zero-order valence-electron chi connectivity index (χ0n) is 7.43. The molecule has 0 unspecified atom stereocenters. The van der Waals surface area contributed by atoms with E-state index in [4.69, 9.17) is 0 Å². The number of amidine groups is 1. The third-order valence-corrected chi connectivity index (χ3v) is 3.47. The highest BCUT2D eigenvalue weighted by molar-refractivity contribution is 8.14. The molecule has 0 N–H and O–H groups in total. The van der Waals surface area contributed by atoms with E-state index < -0.39 is 0 Å². The van der Waals surface area contributed by atoms with Crippen molar-refractivity contribution in [2.24, 2.45) is 4.99 Å². The monoisotopic (exact) mass is 204 g/mol. The standard InChI is InChI=1S/C10H8N2OS/c13-9-7-3-1-2-4-8(7)14-10-11-5-6-12(9)10/h1-4H,5-6H2. The molecule has 0 aromatic heterocycles. The first-order chi connectivity index (χ1) is 6.86. The molecule has 0 bridgehead atoms. The number of nitrogens with zero attached hydrogens (tertiary/aromatic N) is 2. The van der Waals surface area contributed by atoms with Crippen LogP contribution in [0.15, 0.2) is 34.2 Å². The van der Waals surface area contributed by atoms with Gasteiger partial charge in [-0.15, -0.1) is 0 Å². The summed E-state index contributed by atoms with van der Waals surface area (Å²) in [6, 6.07) is 7.69. The van der Waals surface area contributed by atoms with Crippen molar-refractivity contribution in [3.63, 3.8) is 0 Å². The summed E-state index contributed by atoms with van der Waals surface area (Å²) >= 11 is 1.59. The van der Waals surface area contributed by atoms with Gasteiger partial charge in [0.1, 0.15) is 0 Å². The molecule has 0 fully saturated rings. The van der Waals surface area contributed by atoms with Gasteiger partial charge in [-0.2, -0.15) is 0 Å². The number of thioether (sulfide) groups is 1. The van der Waals surface area contributed by atoms with E-state index in [0.29, 0.717) is 0 Å². The second kappa shape index (κ2) is 2.85. The van der Waals surface area contributed by atoms with Crippen LogP contribution in [-0.4, -0.2) is 29.1 Å². The van der Waals surface area contributed by atoms with Gasteiger partial charge < -0.3 is 0 Å². The molecular formula is C10H8N2OS. The van der Waals surface area contributed by atoms with Crippen LogP contribution in [0.1, 0.15) is 10.4 Å². The molecule has 4 heteroatoms. The maximum absolute atomic E-state index is 11.9. The van der Waals surface area contributed by atoms with E-state index in [1.54, 1.807) is 16.7 Å². The Morgan fingerprint density at radius 1 is 1.36 bits per heavy atom. The molecule has 0 radical (unpaired) electrons. The predicted molar refractivity (Wildman–Crippen MR) is 55.6 cm³/mol. The molecule has 1 aromatic rings. The number of rotatable bonds is 0. The van der Waals surface area contributed by atoms with Gasteiger partial charge in [0.15, 0.2) is 5.17 Å². The fourth-order valence-electron chi connectivity index (χ4n) is 1.68.